The van der Waals surface area contributed by atoms with Crippen molar-refractivity contribution in [2.45, 2.75) is 71.4 Å². The number of nitrogens with one attached hydrogen (secondary N) is 1. The number of rotatable bonds is 7. The minimum Gasteiger partial charge on any atom is -0.379 e. The van der Waals surface area contributed by atoms with Gasteiger partial charge in [-0.15, -0.1) is 0 Å². The molecule has 1 aliphatic carbocycles. The fraction of sp³-hybridized carbons (Fsp3) is 1.00. The molecule has 2 atom stereocenters. The Kier molecular flexibility index (Phi) is 6.78. The zero-order chi connectivity index (χ0) is 14.4. The van der Waals surface area contributed by atoms with Crippen LogP contribution < -0.4 is 5.32 Å². The van der Waals surface area contributed by atoms with Crippen LogP contribution in [0.15, 0.2) is 0 Å². The molecule has 0 heterocycles. The molecule has 0 spiro atoms. The Morgan fingerprint density at radius 2 is 2.00 bits per heavy atom. The molecular weight excluding hydrogens is 238 g/mol. The van der Waals surface area contributed by atoms with E-state index >= 15 is 0 Å². The molecule has 1 aliphatic rings. The highest BCUT2D eigenvalue weighted by molar-refractivity contribution is 4.91. The topological polar surface area (TPSA) is 30.5 Å². The molecule has 0 bridgehead atoms. The second-order valence-corrected chi connectivity index (χ2v) is 7.03. The van der Waals surface area contributed by atoms with Crippen LogP contribution in [0.3, 0.4) is 0 Å². The van der Waals surface area contributed by atoms with E-state index in [0.29, 0.717) is 13.2 Å². The van der Waals surface area contributed by atoms with Crippen molar-refractivity contribution in [1.29, 1.82) is 0 Å². The fourth-order valence-electron chi connectivity index (χ4n) is 2.84. The van der Waals surface area contributed by atoms with Gasteiger partial charge in [0.25, 0.3) is 0 Å². The van der Waals surface area contributed by atoms with Gasteiger partial charge in [0.2, 0.25) is 0 Å². The first-order chi connectivity index (χ1) is 8.87. The van der Waals surface area contributed by atoms with Crippen LogP contribution in [0.25, 0.3) is 0 Å². The Labute approximate surface area is 119 Å². The highest BCUT2D eigenvalue weighted by Gasteiger charge is 2.36. The third-order valence-corrected chi connectivity index (χ3v) is 3.83. The molecule has 114 valence electrons. The van der Waals surface area contributed by atoms with Gasteiger partial charge >= 0.3 is 0 Å². The lowest BCUT2D eigenvalue weighted by atomic mass is 9.78. The SMILES string of the molecule is CCOCCOC1(CNC(C)(C)C)CCCC(C)C1. The normalized spacial score (nSPS) is 28.6. The van der Waals surface area contributed by atoms with Gasteiger partial charge in [-0.05, 0) is 46.5 Å². The van der Waals surface area contributed by atoms with Gasteiger partial charge in [-0.1, -0.05) is 19.8 Å². The highest BCUT2D eigenvalue weighted by Crippen LogP contribution is 2.35. The Hall–Kier alpha value is -0.120. The van der Waals surface area contributed by atoms with E-state index in [1.165, 1.54) is 25.7 Å². The Morgan fingerprint density at radius 1 is 1.26 bits per heavy atom. The van der Waals surface area contributed by atoms with Gasteiger partial charge in [-0.25, -0.2) is 0 Å². The molecule has 1 saturated carbocycles. The molecule has 3 nitrogen and oxygen atoms in total. The molecule has 0 aromatic carbocycles. The predicted octanol–water partition coefficient (Wildman–Crippen LogP) is 3.38. The average Bonchev–Trinajstić information content (AvgIpc) is 2.32. The van der Waals surface area contributed by atoms with Crippen molar-refractivity contribution in [3.8, 4) is 0 Å². The molecule has 0 aromatic rings. The lowest BCUT2D eigenvalue weighted by Crippen LogP contribution is -2.51. The summed E-state index contributed by atoms with van der Waals surface area (Å²) in [6, 6.07) is 0. The van der Waals surface area contributed by atoms with Crippen molar-refractivity contribution in [1.82, 2.24) is 5.32 Å². The molecule has 19 heavy (non-hydrogen) atoms. The van der Waals surface area contributed by atoms with Gasteiger partial charge in [-0.3, -0.25) is 0 Å². The molecule has 1 rings (SSSR count). The average molecular weight is 271 g/mol. The van der Waals surface area contributed by atoms with Crippen molar-refractivity contribution in [3.63, 3.8) is 0 Å². The first kappa shape index (κ1) is 16.9. The summed E-state index contributed by atoms with van der Waals surface area (Å²) in [6.07, 6.45) is 4.96. The van der Waals surface area contributed by atoms with Crippen LogP contribution in [0.4, 0.5) is 0 Å². The summed E-state index contributed by atoms with van der Waals surface area (Å²) >= 11 is 0. The van der Waals surface area contributed by atoms with E-state index in [-0.39, 0.29) is 11.1 Å². The van der Waals surface area contributed by atoms with E-state index in [4.69, 9.17) is 9.47 Å². The minimum atomic E-state index is 0.0159. The van der Waals surface area contributed by atoms with Crippen LogP contribution in [-0.4, -0.2) is 37.5 Å². The van der Waals surface area contributed by atoms with E-state index in [1.807, 2.05) is 6.92 Å². The predicted molar refractivity (Wildman–Crippen MR) is 80.6 cm³/mol. The Bertz CT molecular complexity index is 250. The van der Waals surface area contributed by atoms with E-state index < -0.39 is 0 Å². The summed E-state index contributed by atoms with van der Waals surface area (Å²) in [6.45, 7) is 14.2. The van der Waals surface area contributed by atoms with Crippen LogP contribution in [0.5, 0.6) is 0 Å². The quantitative estimate of drug-likeness (QED) is 0.720. The Morgan fingerprint density at radius 3 is 2.58 bits per heavy atom. The smallest absolute Gasteiger partial charge is 0.0810 e. The number of ether oxygens (including phenoxy) is 2. The molecule has 0 radical (unpaired) electrons. The van der Waals surface area contributed by atoms with E-state index in [1.54, 1.807) is 0 Å². The van der Waals surface area contributed by atoms with E-state index in [9.17, 15) is 0 Å². The molecule has 0 saturated heterocycles. The van der Waals surface area contributed by atoms with Crippen LogP contribution >= 0.6 is 0 Å². The van der Waals surface area contributed by atoms with Crippen LogP contribution in [0.2, 0.25) is 0 Å². The summed E-state index contributed by atoms with van der Waals surface area (Å²) in [5.74, 6) is 0.766. The molecule has 1 N–H and O–H groups in total. The van der Waals surface area contributed by atoms with Crippen molar-refractivity contribution < 1.29 is 9.47 Å². The van der Waals surface area contributed by atoms with Crippen LogP contribution in [0, 0.1) is 5.92 Å². The van der Waals surface area contributed by atoms with E-state index in [0.717, 1.165) is 19.1 Å². The maximum Gasteiger partial charge on any atom is 0.0810 e. The van der Waals surface area contributed by atoms with Crippen molar-refractivity contribution in [2.24, 2.45) is 5.92 Å². The molecule has 0 amide bonds. The monoisotopic (exact) mass is 271 g/mol. The van der Waals surface area contributed by atoms with E-state index in [2.05, 4.69) is 33.0 Å². The Balaban J connectivity index is 2.51. The van der Waals surface area contributed by atoms with Gasteiger partial charge in [0, 0.05) is 18.7 Å². The molecule has 2 unspecified atom stereocenters. The number of hydrogen-bond donors (Lipinski definition) is 1. The van der Waals surface area contributed by atoms with Crippen molar-refractivity contribution >= 4 is 0 Å². The molecule has 0 aromatic heterocycles. The lowest BCUT2D eigenvalue weighted by Gasteiger charge is -2.42. The summed E-state index contributed by atoms with van der Waals surface area (Å²) in [5, 5.41) is 3.63. The zero-order valence-electron chi connectivity index (χ0n) is 13.6. The zero-order valence-corrected chi connectivity index (χ0v) is 13.6. The standard InChI is InChI=1S/C16H33NO2/c1-6-18-10-11-19-16(13-17-15(3,4)5)9-7-8-14(2)12-16/h14,17H,6-13H2,1-5H3. The van der Waals surface area contributed by atoms with Crippen LogP contribution in [0.1, 0.15) is 60.3 Å². The molecule has 3 heteroatoms. The maximum absolute atomic E-state index is 6.25. The first-order valence-electron chi connectivity index (χ1n) is 7.84. The molecule has 1 fully saturated rings. The fourth-order valence-corrected chi connectivity index (χ4v) is 2.84. The summed E-state index contributed by atoms with van der Waals surface area (Å²) in [4.78, 5) is 0. The van der Waals surface area contributed by atoms with Gasteiger partial charge < -0.3 is 14.8 Å². The van der Waals surface area contributed by atoms with Gasteiger partial charge in [-0.2, -0.15) is 0 Å². The van der Waals surface area contributed by atoms with Crippen molar-refractivity contribution in [2.75, 3.05) is 26.4 Å². The second-order valence-electron chi connectivity index (χ2n) is 7.03. The van der Waals surface area contributed by atoms with Gasteiger partial charge in [0.1, 0.15) is 0 Å². The minimum absolute atomic E-state index is 0.0159. The van der Waals surface area contributed by atoms with Crippen molar-refractivity contribution in [3.05, 3.63) is 0 Å². The molecular formula is C16H33NO2. The summed E-state index contributed by atoms with van der Waals surface area (Å²) < 4.78 is 11.6. The largest absolute Gasteiger partial charge is 0.379 e. The third-order valence-electron chi connectivity index (χ3n) is 3.83. The van der Waals surface area contributed by atoms with Gasteiger partial charge in [0.05, 0.1) is 18.8 Å². The van der Waals surface area contributed by atoms with Gasteiger partial charge in [0.15, 0.2) is 0 Å². The number of hydrogen-bond acceptors (Lipinski definition) is 3. The summed E-state index contributed by atoms with van der Waals surface area (Å²) in [5.41, 5.74) is 0.166. The second kappa shape index (κ2) is 7.61. The third kappa shape index (κ3) is 6.73. The highest BCUT2D eigenvalue weighted by atomic mass is 16.5. The molecule has 0 aliphatic heterocycles. The lowest BCUT2D eigenvalue weighted by molar-refractivity contribution is -0.0967. The maximum atomic E-state index is 6.25. The van der Waals surface area contributed by atoms with Crippen LogP contribution in [-0.2, 0) is 9.47 Å². The summed E-state index contributed by atoms with van der Waals surface area (Å²) in [7, 11) is 0. The first-order valence-corrected chi connectivity index (χ1v) is 7.84.